The molecule has 0 spiro atoms. The normalized spacial score (nSPS) is 18.8. The zero-order chi connectivity index (χ0) is 20.6. The van der Waals surface area contributed by atoms with Crippen molar-refractivity contribution in [3.63, 3.8) is 0 Å². The predicted molar refractivity (Wildman–Crippen MR) is 117 cm³/mol. The number of rotatable bonds is 8. The molecule has 1 saturated heterocycles. The number of hydrogen-bond acceptors (Lipinski definition) is 5. The molecule has 1 heterocycles. The van der Waals surface area contributed by atoms with Crippen LogP contribution in [0.4, 0.5) is 5.69 Å². The van der Waals surface area contributed by atoms with E-state index in [4.69, 9.17) is 16.3 Å². The molecule has 3 N–H and O–H groups in total. The standard InChI is InChI=1S/C21H24ClN3O3S/c1-2-28-18-8-6-16(7-9-18)23-19(26)11-17-12-20(27)25-21(24-17)29-13-14-4-3-5-15(22)10-14/h3-10,17,21,24H,2,11-13H2,1H3,(H,23,26)(H,25,27). The Balaban J connectivity index is 1.49. The molecule has 1 aliphatic rings. The average molecular weight is 434 g/mol. The lowest BCUT2D eigenvalue weighted by Gasteiger charge is -2.31. The smallest absolute Gasteiger partial charge is 0.225 e. The highest BCUT2D eigenvalue weighted by atomic mass is 35.5. The number of ether oxygens (including phenoxy) is 1. The van der Waals surface area contributed by atoms with E-state index in [2.05, 4.69) is 16.0 Å². The lowest BCUT2D eigenvalue weighted by molar-refractivity contribution is -0.124. The van der Waals surface area contributed by atoms with Crippen LogP contribution in [0.2, 0.25) is 5.02 Å². The Kier molecular flexibility index (Phi) is 7.80. The largest absolute Gasteiger partial charge is 0.494 e. The first-order valence-corrected chi connectivity index (χ1v) is 10.9. The molecule has 1 fully saturated rings. The predicted octanol–water partition coefficient (Wildman–Crippen LogP) is 3.76. The minimum atomic E-state index is -0.251. The van der Waals surface area contributed by atoms with Crippen LogP contribution in [-0.4, -0.2) is 30.0 Å². The van der Waals surface area contributed by atoms with Gasteiger partial charge in [0.15, 0.2) is 0 Å². The van der Waals surface area contributed by atoms with Gasteiger partial charge in [-0.05, 0) is 48.9 Å². The third-order valence-electron chi connectivity index (χ3n) is 4.30. The Morgan fingerprint density at radius 1 is 1.28 bits per heavy atom. The van der Waals surface area contributed by atoms with Crippen molar-refractivity contribution >= 4 is 40.9 Å². The first-order chi connectivity index (χ1) is 14.0. The topological polar surface area (TPSA) is 79.5 Å². The highest BCUT2D eigenvalue weighted by Crippen LogP contribution is 2.21. The number of thioether (sulfide) groups is 1. The summed E-state index contributed by atoms with van der Waals surface area (Å²) in [6, 6.07) is 14.6. The van der Waals surface area contributed by atoms with Gasteiger partial charge in [-0.2, -0.15) is 0 Å². The first-order valence-electron chi connectivity index (χ1n) is 9.46. The highest BCUT2D eigenvalue weighted by molar-refractivity contribution is 7.99. The zero-order valence-corrected chi connectivity index (χ0v) is 17.7. The van der Waals surface area contributed by atoms with Crippen molar-refractivity contribution in [2.24, 2.45) is 0 Å². The van der Waals surface area contributed by atoms with Crippen molar-refractivity contribution < 1.29 is 14.3 Å². The third-order valence-corrected chi connectivity index (χ3v) is 5.62. The summed E-state index contributed by atoms with van der Waals surface area (Å²) in [5.41, 5.74) is 1.53. The second kappa shape index (κ2) is 10.5. The van der Waals surface area contributed by atoms with Crippen molar-refractivity contribution in [3.05, 3.63) is 59.1 Å². The molecule has 0 bridgehead atoms. The van der Waals surface area contributed by atoms with E-state index < -0.39 is 0 Å². The van der Waals surface area contributed by atoms with Gasteiger partial charge in [0.25, 0.3) is 0 Å². The fourth-order valence-corrected chi connectivity index (χ4v) is 4.26. The molecule has 6 nitrogen and oxygen atoms in total. The van der Waals surface area contributed by atoms with Crippen molar-refractivity contribution in [3.8, 4) is 5.75 Å². The number of hydrogen-bond donors (Lipinski definition) is 3. The zero-order valence-electron chi connectivity index (χ0n) is 16.1. The van der Waals surface area contributed by atoms with E-state index in [9.17, 15) is 9.59 Å². The van der Waals surface area contributed by atoms with Gasteiger partial charge in [0.05, 0.1) is 6.61 Å². The summed E-state index contributed by atoms with van der Waals surface area (Å²) >= 11 is 7.57. The molecule has 0 radical (unpaired) electrons. The number of carbonyl (C=O) groups excluding carboxylic acids is 2. The van der Waals surface area contributed by atoms with Crippen molar-refractivity contribution in [1.29, 1.82) is 0 Å². The number of halogens is 1. The number of carbonyl (C=O) groups is 2. The Morgan fingerprint density at radius 2 is 2.07 bits per heavy atom. The van der Waals surface area contributed by atoms with Gasteiger partial charge in [-0.15, -0.1) is 11.8 Å². The quantitative estimate of drug-likeness (QED) is 0.590. The van der Waals surface area contributed by atoms with E-state index in [0.717, 1.165) is 11.3 Å². The summed E-state index contributed by atoms with van der Waals surface area (Å²) in [6.45, 7) is 2.52. The van der Waals surface area contributed by atoms with Crippen LogP contribution in [0.3, 0.4) is 0 Å². The second-order valence-corrected chi connectivity index (χ2v) is 8.20. The molecule has 8 heteroatoms. The van der Waals surface area contributed by atoms with Gasteiger partial charge in [-0.25, -0.2) is 0 Å². The lowest BCUT2D eigenvalue weighted by atomic mass is 10.1. The maximum atomic E-state index is 12.4. The van der Waals surface area contributed by atoms with Crippen LogP contribution >= 0.6 is 23.4 Å². The number of amides is 2. The van der Waals surface area contributed by atoms with Crippen molar-refractivity contribution in [1.82, 2.24) is 10.6 Å². The van der Waals surface area contributed by atoms with E-state index in [0.29, 0.717) is 23.1 Å². The molecule has 2 aromatic rings. The molecule has 29 heavy (non-hydrogen) atoms. The average Bonchev–Trinajstić information content (AvgIpc) is 2.68. The Bertz CT molecular complexity index is 847. The molecular weight excluding hydrogens is 410 g/mol. The molecule has 0 saturated carbocycles. The summed E-state index contributed by atoms with van der Waals surface area (Å²) < 4.78 is 5.40. The van der Waals surface area contributed by atoms with Gasteiger partial charge in [-0.3, -0.25) is 14.9 Å². The second-order valence-electron chi connectivity index (χ2n) is 6.67. The summed E-state index contributed by atoms with van der Waals surface area (Å²) in [5.74, 6) is 1.26. The molecule has 154 valence electrons. The molecule has 3 rings (SSSR count). The molecule has 2 aromatic carbocycles. The Labute approximate surface area is 179 Å². The van der Waals surface area contributed by atoms with Crippen LogP contribution in [0.15, 0.2) is 48.5 Å². The molecule has 2 amide bonds. The maximum Gasteiger partial charge on any atom is 0.225 e. The van der Waals surface area contributed by atoms with E-state index in [1.807, 2.05) is 43.3 Å². The van der Waals surface area contributed by atoms with Gasteiger partial charge in [0, 0.05) is 35.3 Å². The Hall–Kier alpha value is -2.22. The van der Waals surface area contributed by atoms with E-state index in [-0.39, 0.29) is 36.2 Å². The van der Waals surface area contributed by atoms with Gasteiger partial charge in [0.2, 0.25) is 11.8 Å². The fraction of sp³-hybridized carbons (Fsp3) is 0.333. The van der Waals surface area contributed by atoms with E-state index >= 15 is 0 Å². The minimum absolute atomic E-state index is 0.0637. The van der Waals surface area contributed by atoms with Crippen LogP contribution in [0.5, 0.6) is 5.75 Å². The van der Waals surface area contributed by atoms with Crippen molar-refractivity contribution in [2.75, 3.05) is 11.9 Å². The summed E-state index contributed by atoms with van der Waals surface area (Å²) in [5, 5.41) is 9.79. The lowest BCUT2D eigenvalue weighted by Crippen LogP contribution is -2.55. The molecule has 1 aliphatic heterocycles. The maximum absolute atomic E-state index is 12.4. The van der Waals surface area contributed by atoms with Crippen LogP contribution in [0.25, 0.3) is 0 Å². The Morgan fingerprint density at radius 3 is 2.79 bits per heavy atom. The highest BCUT2D eigenvalue weighted by Gasteiger charge is 2.27. The summed E-state index contributed by atoms with van der Waals surface area (Å²) in [7, 11) is 0. The molecule has 0 aliphatic carbocycles. The van der Waals surface area contributed by atoms with Crippen LogP contribution in [0.1, 0.15) is 25.3 Å². The van der Waals surface area contributed by atoms with E-state index in [1.54, 1.807) is 23.9 Å². The minimum Gasteiger partial charge on any atom is -0.494 e. The van der Waals surface area contributed by atoms with Crippen LogP contribution in [-0.2, 0) is 15.3 Å². The summed E-state index contributed by atoms with van der Waals surface area (Å²) in [4.78, 5) is 24.4. The summed E-state index contributed by atoms with van der Waals surface area (Å²) in [6.07, 6.45) is 0.486. The fourth-order valence-electron chi connectivity index (χ4n) is 3.01. The third kappa shape index (κ3) is 6.96. The van der Waals surface area contributed by atoms with Gasteiger partial charge >= 0.3 is 0 Å². The van der Waals surface area contributed by atoms with Crippen LogP contribution < -0.4 is 20.7 Å². The van der Waals surface area contributed by atoms with Crippen molar-refractivity contribution in [2.45, 2.75) is 37.1 Å². The van der Waals surface area contributed by atoms with Gasteiger partial charge in [0.1, 0.15) is 11.2 Å². The molecule has 2 unspecified atom stereocenters. The number of benzene rings is 2. The van der Waals surface area contributed by atoms with Gasteiger partial charge < -0.3 is 15.4 Å². The molecule has 2 atom stereocenters. The van der Waals surface area contributed by atoms with E-state index in [1.165, 1.54) is 0 Å². The SMILES string of the molecule is CCOc1ccc(NC(=O)CC2CC(=O)NC(SCc3cccc(Cl)c3)N2)cc1. The number of anilines is 1. The van der Waals surface area contributed by atoms with Gasteiger partial charge in [-0.1, -0.05) is 23.7 Å². The monoisotopic (exact) mass is 433 g/mol. The molecular formula is C21H24ClN3O3S. The number of nitrogens with one attached hydrogen (secondary N) is 3. The molecule has 0 aromatic heterocycles. The first kappa shape index (κ1) is 21.5. The van der Waals surface area contributed by atoms with Crippen LogP contribution in [0, 0.1) is 0 Å².